The van der Waals surface area contributed by atoms with Crippen molar-refractivity contribution in [2.45, 2.75) is 110 Å². The van der Waals surface area contributed by atoms with Crippen LogP contribution in [0.5, 0.6) is 0 Å². The second kappa shape index (κ2) is 11.0. The molecule has 0 heterocycles. The molecule has 0 aromatic rings. The maximum absolute atomic E-state index is 14.3. The summed E-state index contributed by atoms with van der Waals surface area (Å²) in [5, 5.41) is 34.2. The van der Waals surface area contributed by atoms with Gasteiger partial charge in [-0.25, -0.2) is 0 Å². The molecule has 0 aromatic heterocycles. The standard InChI is InChI=1S/C32H48O6/c1-6-7-8-9-10-11-12-13-14-15-25(34)38-29-20(2)18-31-21(3)16-24-26(30(24,4)5)23(28(31)36)17-22(19-33)27(35)32(29,31)37/h6,17-18,21,23-24,26-27,29,33,35,37H,1,7-16,19H2,2-5H3. The van der Waals surface area contributed by atoms with Crippen LogP contribution in [0.2, 0.25) is 0 Å². The van der Waals surface area contributed by atoms with Crippen LogP contribution in [0.1, 0.15) is 91.9 Å². The summed E-state index contributed by atoms with van der Waals surface area (Å²) in [6.45, 7) is 11.4. The van der Waals surface area contributed by atoms with Gasteiger partial charge >= 0.3 is 5.97 Å². The molecule has 2 saturated carbocycles. The van der Waals surface area contributed by atoms with Gasteiger partial charge < -0.3 is 20.1 Å². The van der Waals surface area contributed by atoms with Crippen LogP contribution in [0.4, 0.5) is 0 Å². The lowest BCUT2D eigenvalue weighted by Crippen LogP contribution is -2.65. The van der Waals surface area contributed by atoms with Crippen LogP contribution in [-0.4, -0.2) is 51.5 Å². The number of aliphatic hydroxyl groups excluding tert-OH is 2. The van der Waals surface area contributed by atoms with Crippen LogP contribution in [-0.2, 0) is 14.3 Å². The number of unbranched alkanes of at least 4 members (excludes halogenated alkanes) is 7. The molecule has 4 rings (SSSR count). The van der Waals surface area contributed by atoms with E-state index in [1.807, 2.05) is 13.0 Å². The third kappa shape index (κ3) is 4.54. The Bertz CT molecular complexity index is 994. The lowest BCUT2D eigenvalue weighted by atomic mass is 9.59. The van der Waals surface area contributed by atoms with Gasteiger partial charge in [-0.1, -0.05) is 71.1 Å². The van der Waals surface area contributed by atoms with E-state index in [1.54, 1.807) is 19.1 Å². The molecule has 4 aliphatic carbocycles. The van der Waals surface area contributed by atoms with Crippen molar-refractivity contribution >= 4 is 11.8 Å². The van der Waals surface area contributed by atoms with Crippen LogP contribution >= 0.6 is 0 Å². The smallest absolute Gasteiger partial charge is 0.306 e. The Balaban J connectivity index is 1.49. The fraction of sp³-hybridized carbons (Fsp3) is 0.750. The molecule has 8 atom stereocenters. The van der Waals surface area contributed by atoms with Crippen molar-refractivity contribution in [2.24, 2.45) is 34.5 Å². The predicted molar refractivity (Wildman–Crippen MR) is 147 cm³/mol. The highest BCUT2D eigenvalue weighted by Crippen LogP contribution is 2.71. The number of allylic oxidation sites excluding steroid dienone is 2. The average molecular weight is 529 g/mol. The maximum atomic E-state index is 14.3. The summed E-state index contributed by atoms with van der Waals surface area (Å²) in [5.41, 5.74) is -2.63. The molecule has 3 N–H and O–H groups in total. The number of ketones is 1. The normalized spacial score (nSPS) is 38.8. The fourth-order valence-corrected chi connectivity index (χ4v) is 8.23. The summed E-state index contributed by atoms with van der Waals surface area (Å²) in [7, 11) is 0. The number of hydrogen-bond donors (Lipinski definition) is 3. The van der Waals surface area contributed by atoms with Crippen molar-refractivity contribution < 1.29 is 29.6 Å². The molecule has 38 heavy (non-hydrogen) atoms. The third-order valence-electron chi connectivity index (χ3n) is 10.4. The van der Waals surface area contributed by atoms with E-state index in [0.29, 0.717) is 17.9 Å². The van der Waals surface area contributed by atoms with Gasteiger partial charge in [-0.3, -0.25) is 9.59 Å². The topological polar surface area (TPSA) is 104 Å². The molecule has 6 nitrogen and oxygen atoms in total. The van der Waals surface area contributed by atoms with E-state index in [9.17, 15) is 24.9 Å². The largest absolute Gasteiger partial charge is 0.455 e. The Hall–Kier alpha value is -1.76. The molecule has 4 aliphatic rings. The molecular weight excluding hydrogens is 480 g/mol. The number of carbonyl (C=O) groups excluding carboxylic acids is 2. The van der Waals surface area contributed by atoms with Crippen LogP contribution in [0, 0.1) is 34.5 Å². The van der Waals surface area contributed by atoms with Crippen molar-refractivity contribution in [3.8, 4) is 0 Å². The van der Waals surface area contributed by atoms with Gasteiger partial charge in [-0.15, -0.1) is 6.58 Å². The Kier molecular flexibility index (Phi) is 8.47. The van der Waals surface area contributed by atoms with Crippen molar-refractivity contribution in [1.29, 1.82) is 0 Å². The summed E-state index contributed by atoms with van der Waals surface area (Å²) < 4.78 is 5.90. The van der Waals surface area contributed by atoms with Gasteiger partial charge in [0.15, 0.2) is 17.5 Å². The lowest BCUT2D eigenvalue weighted by Gasteiger charge is -2.48. The molecule has 0 amide bonds. The lowest BCUT2D eigenvalue weighted by molar-refractivity contribution is -0.203. The minimum atomic E-state index is -2.06. The molecule has 0 aliphatic heterocycles. The van der Waals surface area contributed by atoms with Crippen molar-refractivity contribution in [2.75, 3.05) is 6.61 Å². The van der Waals surface area contributed by atoms with Gasteiger partial charge in [0.05, 0.1) is 12.0 Å². The molecule has 2 fully saturated rings. The molecule has 0 saturated heterocycles. The number of fused-ring (bicyclic) bond motifs is 3. The Labute approximate surface area is 228 Å². The van der Waals surface area contributed by atoms with E-state index in [-0.39, 0.29) is 35.0 Å². The van der Waals surface area contributed by atoms with Gasteiger partial charge in [0.2, 0.25) is 0 Å². The van der Waals surface area contributed by atoms with Gasteiger partial charge in [0.1, 0.15) is 6.10 Å². The number of ether oxygens (including phenoxy) is 1. The van der Waals surface area contributed by atoms with Gasteiger partial charge in [0.25, 0.3) is 0 Å². The zero-order valence-corrected chi connectivity index (χ0v) is 23.7. The number of esters is 1. The second-order valence-corrected chi connectivity index (χ2v) is 13.0. The summed E-state index contributed by atoms with van der Waals surface area (Å²) in [4.78, 5) is 27.3. The Morgan fingerprint density at radius 3 is 2.42 bits per heavy atom. The highest BCUT2D eigenvalue weighted by molar-refractivity contribution is 5.95. The zero-order valence-electron chi connectivity index (χ0n) is 23.7. The number of aliphatic hydroxyl groups is 3. The van der Waals surface area contributed by atoms with E-state index >= 15 is 0 Å². The van der Waals surface area contributed by atoms with Crippen LogP contribution in [0.3, 0.4) is 0 Å². The molecule has 212 valence electrons. The van der Waals surface area contributed by atoms with E-state index in [2.05, 4.69) is 20.4 Å². The summed E-state index contributed by atoms with van der Waals surface area (Å²) in [5.74, 6) is -0.894. The first-order chi connectivity index (χ1) is 18.0. The number of carbonyl (C=O) groups is 2. The van der Waals surface area contributed by atoms with Crippen LogP contribution in [0.25, 0.3) is 0 Å². The molecule has 0 radical (unpaired) electrons. The highest BCUT2D eigenvalue weighted by Gasteiger charge is 2.76. The first kappa shape index (κ1) is 29.2. The van der Waals surface area contributed by atoms with Crippen molar-refractivity contribution in [1.82, 2.24) is 0 Å². The Morgan fingerprint density at radius 1 is 1.16 bits per heavy atom. The van der Waals surface area contributed by atoms with E-state index in [0.717, 1.165) is 32.1 Å². The first-order valence-electron chi connectivity index (χ1n) is 14.7. The van der Waals surface area contributed by atoms with E-state index in [4.69, 9.17) is 4.74 Å². The van der Waals surface area contributed by atoms with Crippen molar-refractivity contribution in [3.05, 3.63) is 36.0 Å². The highest BCUT2D eigenvalue weighted by atomic mass is 16.6. The molecule has 0 aromatic carbocycles. The zero-order chi connectivity index (χ0) is 27.9. The number of hydrogen-bond acceptors (Lipinski definition) is 6. The molecular formula is C32H48O6. The monoisotopic (exact) mass is 528 g/mol. The van der Waals surface area contributed by atoms with E-state index in [1.165, 1.54) is 19.3 Å². The van der Waals surface area contributed by atoms with Gasteiger partial charge in [-0.05, 0) is 66.9 Å². The minimum Gasteiger partial charge on any atom is -0.455 e. The SMILES string of the molecule is C=CCCCCCCCCCC(=O)OC1C(C)=CC23C(=O)C(C=C(CO)C(O)C12O)C1C(CC3C)C1(C)C. The number of Topliss-reactive ketones (excluding diaryl/α,β-unsaturated/α-hetero) is 1. The molecule has 2 bridgehead atoms. The number of rotatable bonds is 12. The summed E-state index contributed by atoms with van der Waals surface area (Å²) in [6, 6.07) is 0. The second-order valence-electron chi connectivity index (χ2n) is 13.0. The minimum absolute atomic E-state index is 0.0184. The summed E-state index contributed by atoms with van der Waals surface area (Å²) >= 11 is 0. The summed E-state index contributed by atoms with van der Waals surface area (Å²) in [6.07, 6.45) is 12.2. The van der Waals surface area contributed by atoms with Crippen LogP contribution in [0.15, 0.2) is 36.0 Å². The van der Waals surface area contributed by atoms with Gasteiger partial charge in [-0.2, -0.15) is 0 Å². The maximum Gasteiger partial charge on any atom is 0.306 e. The first-order valence-corrected chi connectivity index (χ1v) is 14.7. The Morgan fingerprint density at radius 2 is 1.79 bits per heavy atom. The predicted octanol–water partition coefficient (Wildman–Crippen LogP) is 5.06. The molecule has 6 heteroatoms. The molecule has 8 unspecified atom stereocenters. The quantitative estimate of drug-likeness (QED) is 0.186. The average Bonchev–Trinajstić information content (AvgIpc) is 3.36. The third-order valence-corrected chi connectivity index (χ3v) is 10.4. The van der Waals surface area contributed by atoms with Crippen molar-refractivity contribution in [3.63, 3.8) is 0 Å². The van der Waals surface area contributed by atoms with E-state index < -0.39 is 41.7 Å². The molecule has 1 spiro atoms. The fourth-order valence-electron chi connectivity index (χ4n) is 8.23. The van der Waals surface area contributed by atoms with Gasteiger partial charge in [0, 0.05) is 12.3 Å². The van der Waals surface area contributed by atoms with Crippen LogP contribution < -0.4 is 0 Å².